The zero-order valence-corrected chi connectivity index (χ0v) is 10.1. The summed E-state index contributed by atoms with van der Waals surface area (Å²) < 4.78 is 5.52. The molecule has 0 saturated heterocycles. The number of nitrogens with zero attached hydrogens (tertiary/aromatic N) is 1. The highest BCUT2D eigenvalue weighted by Crippen LogP contribution is 2.33. The predicted molar refractivity (Wildman–Crippen MR) is 65.8 cm³/mol. The first-order valence-corrected chi connectivity index (χ1v) is 5.74. The summed E-state index contributed by atoms with van der Waals surface area (Å²) in [6.45, 7) is 1.95. The van der Waals surface area contributed by atoms with Gasteiger partial charge in [0, 0.05) is 6.42 Å². The number of nitrogens with one attached hydrogen (secondary N) is 1. The van der Waals surface area contributed by atoms with Crippen molar-refractivity contribution in [2.24, 2.45) is 5.84 Å². The SMILES string of the molecule is CCC(=O)N1C[C@@H](C(=O)NN)Oc2ccccc21. The van der Waals surface area contributed by atoms with E-state index in [0.717, 1.165) is 0 Å². The van der Waals surface area contributed by atoms with Gasteiger partial charge in [0.1, 0.15) is 5.75 Å². The first kappa shape index (κ1) is 12.4. The Hall–Kier alpha value is -2.08. The fraction of sp³-hybridized carbons (Fsp3) is 0.333. The van der Waals surface area contributed by atoms with Crippen LogP contribution in [-0.4, -0.2) is 24.5 Å². The quantitative estimate of drug-likeness (QED) is 0.445. The molecule has 3 N–H and O–H groups in total. The standard InChI is InChI=1S/C12H15N3O3/c1-2-11(16)15-7-10(12(17)14-13)18-9-6-4-3-5-8(9)15/h3-6,10H,2,7,13H2,1H3,(H,14,17)/t10-/m0/s1. The van der Waals surface area contributed by atoms with Gasteiger partial charge >= 0.3 is 0 Å². The molecule has 1 aromatic carbocycles. The second kappa shape index (κ2) is 5.05. The summed E-state index contributed by atoms with van der Waals surface area (Å²) in [5.74, 6) is 5.11. The van der Waals surface area contributed by atoms with Crippen molar-refractivity contribution in [3.63, 3.8) is 0 Å². The number of fused-ring (bicyclic) bond motifs is 1. The Labute approximate surface area is 105 Å². The number of hydrazine groups is 1. The van der Waals surface area contributed by atoms with Crippen LogP contribution in [0, 0.1) is 0 Å². The van der Waals surface area contributed by atoms with Crippen LogP contribution in [0.15, 0.2) is 24.3 Å². The average Bonchev–Trinajstić information content (AvgIpc) is 2.44. The Bertz CT molecular complexity index is 475. The van der Waals surface area contributed by atoms with Crippen molar-refractivity contribution in [3.8, 4) is 5.75 Å². The molecule has 2 amide bonds. The number of benzene rings is 1. The minimum absolute atomic E-state index is 0.0550. The molecule has 0 aromatic heterocycles. The van der Waals surface area contributed by atoms with Crippen LogP contribution in [0.4, 0.5) is 5.69 Å². The second-order valence-electron chi connectivity index (χ2n) is 3.94. The third-order valence-electron chi connectivity index (χ3n) is 2.81. The Balaban J connectivity index is 2.35. The lowest BCUT2D eigenvalue weighted by molar-refractivity contribution is -0.128. The molecule has 0 radical (unpaired) electrons. The minimum Gasteiger partial charge on any atom is -0.476 e. The van der Waals surface area contributed by atoms with Crippen molar-refractivity contribution in [2.75, 3.05) is 11.4 Å². The number of para-hydroxylation sites is 2. The van der Waals surface area contributed by atoms with E-state index in [-0.39, 0.29) is 12.5 Å². The van der Waals surface area contributed by atoms with Crippen molar-refractivity contribution in [1.82, 2.24) is 5.43 Å². The van der Waals surface area contributed by atoms with E-state index in [2.05, 4.69) is 0 Å². The first-order chi connectivity index (χ1) is 8.67. The molecule has 0 aliphatic carbocycles. The normalized spacial score (nSPS) is 17.7. The van der Waals surface area contributed by atoms with Crippen LogP contribution in [0.25, 0.3) is 0 Å². The topological polar surface area (TPSA) is 84.7 Å². The highest BCUT2D eigenvalue weighted by molar-refractivity contribution is 5.97. The summed E-state index contributed by atoms with van der Waals surface area (Å²) in [5.41, 5.74) is 2.73. The highest BCUT2D eigenvalue weighted by atomic mass is 16.5. The molecule has 6 nitrogen and oxygen atoms in total. The molecule has 2 rings (SSSR count). The largest absolute Gasteiger partial charge is 0.476 e. The lowest BCUT2D eigenvalue weighted by Gasteiger charge is -2.33. The smallest absolute Gasteiger partial charge is 0.276 e. The van der Waals surface area contributed by atoms with Gasteiger partial charge < -0.3 is 9.64 Å². The number of ether oxygens (including phenoxy) is 1. The first-order valence-electron chi connectivity index (χ1n) is 5.74. The molecule has 1 heterocycles. The van der Waals surface area contributed by atoms with E-state index in [1.165, 1.54) is 0 Å². The Kier molecular flexibility index (Phi) is 3.47. The van der Waals surface area contributed by atoms with Crippen LogP contribution in [0.2, 0.25) is 0 Å². The van der Waals surface area contributed by atoms with Crippen LogP contribution in [0.1, 0.15) is 13.3 Å². The number of rotatable bonds is 2. The van der Waals surface area contributed by atoms with Gasteiger partial charge in [-0.3, -0.25) is 15.0 Å². The van der Waals surface area contributed by atoms with Gasteiger partial charge in [-0.1, -0.05) is 19.1 Å². The third-order valence-corrected chi connectivity index (χ3v) is 2.81. The van der Waals surface area contributed by atoms with Crippen molar-refractivity contribution in [1.29, 1.82) is 0 Å². The van der Waals surface area contributed by atoms with E-state index in [1.54, 1.807) is 30.0 Å². The molecule has 6 heteroatoms. The molecule has 1 aromatic rings. The van der Waals surface area contributed by atoms with Crippen LogP contribution in [0.5, 0.6) is 5.75 Å². The van der Waals surface area contributed by atoms with Crippen molar-refractivity contribution < 1.29 is 14.3 Å². The van der Waals surface area contributed by atoms with Gasteiger partial charge in [0.25, 0.3) is 5.91 Å². The van der Waals surface area contributed by atoms with Crippen LogP contribution in [0.3, 0.4) is 0 Å². The maximum absolute atomic E-state index is 11.9. The summed E-state index contributed by atoms with van der Waals surface area (Å²) in [6.07, 6.45) is -0.411. The molecule has 0 bridgehead atoms. The molecule has 0 unspecified atom stereocenters. The number of carbonyl (C=O) groups is 2. The number of amides is 2. The van der Waals surface area contributed by atoms with Crippen LogP contribution < -0.4 is 20.9 Å². The van der Waals surface area contributed by atoms with E-state index in [9.17, 15) is 9.59 Å². The molecule has 18 heavy (non-hydrogen) atoms. The van der Waals surface area contributed by atoms with Gasteiger partial charge in [-0.15, -0.1) is 0 Å². The number of anilines is 1. The molecule has 0 spiro atoms. The van der Waals surface area contributed by atoms with Crippen molar-refractivity contribution >= 4 is 17.5 Å². The maximum Gasteiger partial charge on any atom is 0.276 e. The monoisotopic (exact) mass is 249 g/mol. The second-order valence-corrected chi connectivity index (χ2v) is 3.94. The fourth-order valence-electron chi connectivity index (χ4n) is 1.89. The zero-order valence-electron chi connectivity index (χ0n) is 10.1. The molecule has 1 aliphatic rings. The van der Waals surface area contributed by atoms with E-state index < -0.39 is 12.0 Å². The number of hydrogen-bond donors (Lipinski definition) is 2. The average molecular weight is 249 g/mol. The zero-order chi connectivity index (χ0) is 13.1. The summed E-state index contributed by atoms with van der Waals surface area (Å²) in [4.78, 5) is 25.0. The van der Waals surface area contributed by atoms with Crippen molar-refractivity contribution in [2.45, 2.75) is 19.4 Å². The molecule has 1 atom stereocenters. The minimum atomic E-state index is -0.777. The molecule has 0 fully saturated rings. The molecular weight excluding hydrogens is 234 g/mol. The number of nitrogens with two attached hydrogens (primary N) is 1. The predicted octanol–water partition coefficient (Wildman–Crippen LogP) is 0.180. The summed E-state index contributed by atoms with van der Waals surface area (Å²) >= 11 is 0. The van der Waals surface area contributed by atoms with E-state index in [4.69, 9.17) is 10.6 Å². The van der Waals surface area contributed by atoms with Gasteiger partial charge in [0.2, 0.25) is 5.91 Å². The Morgan fingerprint density at radius 3 is 2.89 bits per heavy atom. The van der Waals surface area contributed by atoms with E-state index >= 15 is 0 Å². The van der Waals surface area contributed by atoms with Gasteiger partial charge in [0.05, 0.1) is 12.2 Å². The summed E-state index contributed by atoms with van der Waals surface area (Å²) in [6, 6.07) is 7.12. The molecular formula is C12H15N3O3. The van der Waals surface area contributed by atoms with Crippen LogP contribution in [-0.2, 0) is 9.59 Å². The molecule has 0 saturated carbocycles. The van der Waals surface area contributed by atoms with Gasteiger partial charge in [-0.25, -0.2) is 5.84 Å². The third kappa shape index (κ3) is 2.14. The maximum atomic E-state index is 11.9. The highest BCUT2D eigenvalue weighted by Gasteiger charge is 2.32. The number of hydrogen-bond acceptors (Lipinski definition) is 4. The summed E-state index contributed by atoms with van der Waals surface area (Å²) in [5, 5.41) is 0. The van der Waals surface area contributed by atoms with E-state index in [1.807, 2.05) is 11.5 Å². The van der Waals surface area contributed by atoms with Gasteiger partial charge in [-0.2, -0.15) is 0 Å². The summed E-state index contributed by atoms with van der Waals surface area (Å²) in [7, 11) is 0. The molecule has 96 valence electrons. The lowest BCUT2D eigenvalue weighted by atomic mass is 10.1. The van der Waals surface area contributed by atoms with Gasteiger partial charge in [0.15, 0.2) is 6.10 Å². The van der Waals surface area contributed by atoms with E-state index in [0.29, 0.717) is 17.9 Å². The fourth-order valence-corrected chi connectivity index (χ4v) is 1.89. The number of carbonyl (C=O) groups excluding carboxylic acids is 2. The Morgan fingerprint density at radius 1 is 1.50 bits per heavy atom. The van der Waals surface area contributed by atoms with Crippen LogP contribution >= 0.6 is 0 Å². The molecule has 1 aliphatic heterocycles. The van der Waals surface area contributed by atoms with Gasteiger partial charge in [-0.05, 0) is 12.1 Å². The van der Waals surface area contributed by atoms with Crippen molar-refractivity contribution in [3.05, 3.63) is 24.3 Å². The lowest BCUT2D eigenvalue weighted by Crippen LogP contribution is -2.52. The Morgan fingerprint density at radius 2 is 2.22 bits per heavy atom.